The molecule has 1 rings (SSSR count). The fourth-order valence-corrected chi connectivity index (χ4v) is 2.91. The fraction of sp³-hybridized carbons (Fsp3) is 0.941. The van der Waals surface area contributed by atoms with Crippen molar-refractivity contribution in [3.05, 3.63) is 0 Å². The van der Waals surface area contributed by atoms with Crippen LogP contribution in [0.15, 0.2) is 0 Å². The summed E-state index contributed by atoms with van der Waals surface area (Å²) in [6.45, 7) is 9.43. The monoisotopic (exact) mass is 283 g/mol. The van der Waals surface area contributed by atoms with Gasteiger partial charge in [0.05, 0.1) is 12.5 Å². The van der Waals surface area contributed by atoms with Crippen molar-refractivity contribution in [2.24, 2.45) is 11.8 Å². The van der Waals surface area contributed by atoms with E-state index in [2.05, 4.69) is 33.0 Å². The van der Waals surface area contributed by atoms with E-state index in [1.54, 1.807) is 0 Å². The van der Waals surface area contributed by atoms with Crippen LogP contribution in [-0.2, 0) is 9.53 Å². The van der Waals surface area contributed by atoms with Crippen LogP contribution in [0.25, 0.3) is 0 Å². The summed E-state index contributed by atoms with van der Waals surface area (Å²) in [7, 11) is 0. The van der Waals surface area contributed by atoms with Gasteiger partial charge < -0.3 is 10.1 Å². The Hall–Kier alpha value is -0.570. The second kappa shape index (κ2) is 9.38. The Morgan fingerprint density at radius 1 is 1.10 bits per heavy atom. The van der Waals surface area contributed by atoms with Crippen LogP contribution in [-0.4, -0.2) is 24.7 Å². The van der Waals surface area contributed by atoms with E-state index in [0.717, 1.165) is 44.4 Å². The highest BCUT2D eigenvalue weighted by molar-refractivity contribution is 5.72. The maximum Gasteiger partial charge on any atom is 0.308 e. The molecule has 0 amide bonds. The van der Waals surface area contributed by atoms with Gasteiger partial charge in [0.2, 0.25) is 0 Å². The predicted octanol–water partition coefficient (Wildman–Crippen LogP) is 3.91. The fourth-order valence-electron chi connectivity index (χ4n) is 2.91. The van der Waals surface area contributed by atoms with Gasteiger partial charge in [0.25, 0.3) is 0 Å². The molecule has 20 heavy (non-hydrogen) atoms. The summed E-state index contributed by atoms with van der Waals surface area (Å²) >= 11 is 0. The molecule has 1 N–H and O–H groups in total. The first-order valence-electron chi connectivity index (χ1n) is 8.41. The number of rotatable bonds is 8. The highest BCUT2D eigenvalue weighted by atomic mass is 16.5. The number of carbonyl (C=O) groups excluding carboxylic acids is 1. The predicted molar refractivity (Wildman–Crippen MR) is 83.7 cm³/mol. The van der Waals surface area contributed by atoms with Gasteiger partial charge in [-0.3, -0.25) is 4.79 Å². The summed E-state index contributed by atoms with van der Waals surface area (Å²) in [5.74, 6) is 0.928. The van der Waals surface area contributed by atoms with Crippen molar-refractivity contribution in [2.45, 2.75) is 84.7 Å². The molecule has 0 atom stereocenters. The van der Waals surface area contributed by atoms with Gasteiger partial charge in [0, 0.05) is 12.1 Å². The van der Waals surface area contributed by atoms with Crippen LogP contribution in [0.2, 0.25) is 0 Å². The van der Waals surface area contributed by atoms with E-state index in [0.29, 0.717) is 18.7 Å². The van der Waals surface area contributed by atoms with Crippen LogP contribution < -0.4 is 5.32 Å². The van der Waals surface area contributed by atoms with E-state index in [1.165, 1.54) is 6.42 Å². The quantitative estimate of drug-likeness (QED) is 0.542. The molecule has 0 aliphatic heterocycles. The zero-order valence-electron chi connectivity index (χ0n) is 13.8. The van der Waals surface area contributed by atoms with Gasteiger partial charge >= 0.3 is 5.97 Å². The number of unbranched alkanes of at least 4 members (excludes halogenated alkanes) is 1. The highest BCUT2D eigenvalue weighted by Gasteiger charge is 2.27. The normalized spacial score (nSPS) is 23.3. The van der Waals surface area contributed by atoms with Crippen molar-refractivity contribution < 1.29 is 9.53 Å². The second-order valence-corrected chi connectivity index (χ2v) is 6.93. The summed E-state index contributed by atoms with van der Waals surface area (Å²) in [5.41, 5.74) is 0. The molecular formula is C17H33NO2. The van der Waals surface area contributed by atoms with Crippen LogP contribution in [0.1, 0.15) is 72.6 Å². The smallest absolute Gasteiger partial charge is 0.308 e. The molecular weight excluding hydrogens is 250 g/mol. The number of hydrogen-bond acceptors (Lipinski definition) is 3. The zero-order valence-corrected chi connectivity index (χ0v) is 13.8. The molecule has 0 unspecified atom stereocenters. The standard InChI is InChI=1S/C17H33NO2/c1-13(2)7-5-6-12-20-17(19)15-8-10-16(11-9-15)18-14(3)4/h13-16,18H,5-12H2,1-4H3/t15-,16-. The first-order chi connectivity index (χ1) is 9.49. The Balaban J connectivity index is 2.10. The van der Waals surface area contributed by atoms with Crippen LogP contribution >= 0.6 is 0 Å². The van der Waals surface area contributed by atoms with Gasteiger partial charge in [-0.05, 0) is 44.4 Å². The van der Waals surface area contributed by atoms with E-state index in [1.807, 2.05) is 0 Å². The van der Waals surface area contributed by atoms with E-state index in [4.69, 9.17) is 4.74 Å². The van der Waals surface area contributed by atoms with E-state index < -0.39 is 0 Å². The molecule has 3 heteroatoms. The topological polar surface area (TPSA) is 38.3 Å². The van der Waals surface area contributed by atoms with Crippen LogP contribution in [0.3, 0.4) is 0 Å². The Morgan fingerprint density at radius 2 is 1.75 bits per heavy atom. The summed E-state index contributed by atoms with van der Waals surface area (Å²) in [6, 6.07) is 1.12. The Bertz CT molecular complexity index is 268. The van der Waals surface area contributed by atoms with Crippen molar-refractivity contribution in [3.63, 3.8) is 0 Å². The average Bonchev–Trinajstić information content (AvgIpc) is 2.38. The molecule has 1 fully saturated rings. The number of nitrogens with one attached hydrogen (secondary N) is 1. The molecule has 0 saturated heterocycles. The van der Waals surface area contributed by atoms with Gasteiger partial charge in [-0.1, -0.05) is 34.1 Å². The Morgan fingerprint density at radius 3 is 2.30 bits per heavy atom. The molecule has 118 valence electrons. The lowest BCUT2D eigenvalue weighted by molar-refractivity contribution is -0.149. The number of ether oxygens (including phenoxy) is 1. The van der Waals surface area contributed by atoms with Crippen LogP contribution in [0.5, 0.6) is 0 Å². The molecule has 0 heterocycles. The van der Waals surface area contributed by atoms with E-state index in [-0.39, 0.29) is 11.9 Å². The molecule has 0 aromatic rings. The molecule has 0 aromatic carbocycles. The largest absolute Gasteiger partial charge is 0.465 e. The van der Waals surface area contributed by atoms with Gasteiger partial charge in [-0.15, -0.1) is 0 Å². The maximum atomic E-state index is 12.0. The molecule has 0 radical (unpaired) electrons. The lowest BCUT2D eigenvalue weighted by Gasteiger charge is -2.29. The SMILES string of the molecule is CC(C)CCCCOC(=O)[C@H]1CC[C@H](NC(C)C)CC1. The molecule has 0 aromatic heterocycles. The highest BCUT2D eigenvalue weighted by Crippen LogP contribution is 2.25. The number of hydrogen-bond donors (Lipinski definition) is 1. The third-order valence-corrected chi connectivity index (χ3v) is 4.05. The van der Waals surface area contributed by atoms with Crippen LogP contribution in [0.4, 0.5) is 0 Å². The molecule has 0 spiro atoms. The van der Waals surface area contributed by atoms with E-state index >= 15 is 0 Å². The van der Waals surface area contributed by atoms with Gasteiger partial charge in [-0.25, -0.2) is 0 Å². The molecule has 0 bridgehead atoms. The van der Waals surface area contributed by atoms with Crippen molar-refractivity contribution in [1.29, 1.82) is 0 Å². The average molecular weight is 283 g/mol. The van der Waals surface area contributed by atoms with Gasteiger partial charge in [0.1, 0.15) is 0 Å². The van der Waals surface area contributed by atoms with Gasteiger partial charge in [0.15, 0.2) is 0 Å². The minimum absolute atomic E-state index is 0.0394. The number of esters is 1. The summed E-state index contributed by atoms with van der Waals surface area (Å²) in [5, 5.41) is 3.56. The first kappa shape index (κ1) is 17.5. The zero-order chi connectivity index (χ0) is 15.0. The molecule has 1 aliphatic rings. The van der Waals surface area contributed by atoms with Crippen molar-refractivity contribution in [2.75, 3.05) is 6.61 Å². The minimum Gasteiger partial charge on any atom is -0.465 e. The third-order valence-electron chi connectivity index (χ3n) is 4.05. The van der Waals surface area contributed by atoms with E-state index in [9.17, 15) is 4.79 Å². The number of carbonyl (C=O) groups is 1. The molecule has 1 aliphatic carbocycles. The molecule has 1 saturated carbocycles. The summed E-state index contributed by atoms with van der Waals surface area (Å²) < 4.78 is 5.42. The Labute approximate surface area is 124 Å². The van der Waals surface area contributed by atoms with Crippen molar-refractivity contribution in [3.8, 4) is 0 Å². The third kappa shape index (κ3) is 7.28. The second-order valence-electron chi connectivity index (χ2n) is 6.93. The minimum atomic E-state index is 0.0394. The van der Waals surface area contributed by atoms with Crippen LogP contribution in [0, 0.1) is 11.8 Å². The van der Waals surface area contributed by atoms with Crippen molar-refractivity contribution in [1.82, 2.24) is 5.32 Å². The lowest BCUT2D eigenvalue weighted by atomic mass is 9.86. The first-order valence-corrected chi connectivity index (χ1v) is 8.41. The maximum absolute atomic E-state index is 12.0. The summed E-state index contributed by atoms with van der Waals surface area (Å²) in [6.07, 6.45) is 7.56. The molecule has 3 nitrogen and oxygen atoms in total. The Kier molecular flexibility index (Phi) is 8.20. The van der Waals surface area contributed by atoms with Crippen molar-refractivity contribution >= 4 is 5.97 Å². The van der Waals surface area contributed by atoms with Gasteiger partial charge in [-0.2, -0.15) is 0 Å². The lowest BCUT2D eigenvalue weighted by Crippen LogP contribution is -2.39. The summed E-state index contributed by atoms with van der Waals surface area (Å²) in [4.78, 5) is 12.0.